The van der Waals surface area contributed by atoms with Gasteiger partial charge in [-0.2, -0.15) is 0 Å². The molecular weight excluding hydrogens is 370 g/mol. The van der Waals surface area contributed by atoms with Crippen LogP contribution in [0.5, 0.6) is 0 Å². The molecule has 0 bridgehead atoms. The van der Waals surface area contributed by atoms with Gasteiger partial charge in [0.15, 0.2) is 0 Å². The maximum Gasteiger partial charge on any atom is 0.324 e. The van der Waals surface area contributed by atoms with Crippen LogP contribution >= 0.6 is 0 Å². The van der Waals surface area contributed by atoms with Gasteiger partial charge in [-0.15, -0.1) is 0 Å². The predicted octanol–water partition coefficient (Wildman–Crippen LogP) is 1.78. The SMILES string of the molecule is O=C(CC[C@@H]1NC(=O)N(CCc2ccccc2)C1=O)N[C@@H](CO)c1ccccc1. The standard InChI is InChI=1S/C22H25N3O4/c26-15-19(17-9-5-2-6-10-17)23-20(27)12-11-18-21(28)25(22(29)24-18)14-13-16-7-3-1-4-8-16/h1-10,18-19,26H,11-15H2,(H,23,27)(H,24,29)/t18-,19-/m0/s1. The second-order valence-corrected chi connectivity index (χ2v) is 6.98. The predicted molar refractivity (Wildman–Crippen MR) is 108 cm³/mol. The number of nitrogens with one attached hydrogen (secondary N) is 2. The number of rotatable bonds is 9. The lowest BCUT2D eigenvalue weighted by Gasteiger charge is -2.17. The zero-order valence-electron chi connectivity index (χ0n) is 16.1. The molecular formula is C22H25N3O4. The summed E-state index contributed by atoms with van der Waals surface area (Å²) in [7, 11) is 0. The molecule has 0 saturated carbocycles. The number of urea groups is 1. The molecule has 0 aromatic heterocycles. The number of carbonyl (C=O) groups excluding carboxylic acids is 3. The molecule has 7 nitrogen and oxygen atoms in total. The number of hydrogen-bond donors (Lipinski definition) is 3. The Labute approximate surface area is 169 Å². The van der Waals surface area contributed by atoms with E-state index in [0.717, 1.165) is 11.1 Å². The van der Waals surface area contributed by atoms with Crippen LogP contribution in [0.15, 0.2) is 60.7 Å². The summed E-state index contributed by atoms with van der Waals surface area (Å²) in [6.07, 6.45) is 0.875. The van der Waals surface area contributed by atoms with Crippen LogP contribution in [-0.2, 0) is 16.0 Å². The highest BCUT2D eigenvalue weighted by molar-refractivity contribution is 6.04. The van der Waals surface area contributed by atoms with Crippen molar-refractivity contribution < 1.29 is 19.5 Å². The zero-order valence-corrected chi connectivity index (χ0v) is 16.1. The van der Waals surface area contributed by atoms with E-state index in [1.807, 2.05) is 60.7 Å². The first-order valence-corrected chi connectivity index (χ1v) is 9.69. The first kappa shape index (κ1) is 20.5. The molecule has 2 atom stereocenters. The number of carbonyl (C=O) groups is 3. The van der Waals surface area contributed by atoms with Crippen molar-refractivity contribution >= 4 is 17.8 Å². The Bertz CT molecular complexity index is 842. The number of imide groups is 1. The van der Waals surface area contributed by atoms with Gasteiger partial charge in [0.25, 0.3) is 5.91 Å². The quantitative estimate of drug-likeness (QED) is 0.564. The first-order valence-electron chi connectivity index (χ1n) is 9.69. The second-order valence-electron chi connectivity index (χ2n) is 6.98. The molecule has 1 aliphatic heterocycles. The summed E-state index contributed by atoms with van der Waals surface area (Å²) >= 11 is 0. The van der Waals surface area contributed by atoms with Crippen LogP contribution in [-0.4, -0.2) is 47.0 Å². The third-order valence-electron chi connectivity index (χ3n) is 4.95. The molecule has 152 valence electrons. The molecule has 4 amide bonds. The Morgan fingerprint density at radius 1 is 1.07 bits per heavy atom. The number of benzene rings is 2. The van der Waals surface area contributed by atoms with Gasteiger partial charge in [0.2, 0.25) is 5.91 Å². The van der Waals surface area contributed by atoms with Gasteiger partial charge in [-0.25, -0.2) is 4.79 Å². The molecule has 2 aromatic rings. The Balaban J connectivity index is 1.48. The molecule has 0 radical (unpaired) electrons. The Morgan fingerprint density at radius 3 is 2.38 bits per heavy atom. The normalized spacial score (nSPS) is 17.1. The first-order chi connectivity index (χ1) is 14.1. The van der Waals surface area contributed by atoms with Crippen molar-refractivity contribution in [3.05, 3.63) is 71.8 Å². The fourth-order valence-corrected chi connectivity index (χ4v) is 3.33. The van der Waals surface area contributed by atoms with Crippen molar-refractivity contribution in [1.29, 1.82) is 0 Å². The molecule has 3 N–H and O–H groups in total. The third-order valence-corrected chi connectivity index (χ3v) is 4.95. The molecule has 1 aliphatic rings. The minimum Gasteiger partial charge on any atom is -0.394 e. The molecule has 2 aromatic carbocycles. The summed E-state index contributed by atoms with van der Waals surface area (Å²) in [6, 6.07) is 17.2. The summed E-state index contributed by atoms with van der Waals surface area (Å²) in [5.74, 6) is -0.585. The zero-order chi connectivity index (χ0) is 20.6. The molecule has 1 fully saturated rings. The summed E-state index contributed by atoms with van der Waals surface area (Å²) < 4.78 is 0. The second kappa shape index (κ2) is 9.84. The van der Waals surface area contributed by atoms with Crippen LogP contribution in [0.3, 0.4) is 0 Å². The largest absolute Gasteiger partial charge is 0.394 e. The van der Waals surface area contributed by atoms with Crippen LogP contribution in [0.1, 0.15) is 30.0 Å². The lowest BCUT2D eigenvalue weighted by atomic mass is 10.1. The molecule has 1 saturated heterocycles. The fraction of sp³-hybridized carbons (Fsp3) is 0.318. The number of aliphatic hydroxyl groups excluding tert-OH is 1. The fourth-order valence-electron chi connectivity index (χ4n) is 3.33. The van der Waals surface area contributed by atoms with E-state index in [4.69, 9.17) is 0 Å². The highest BCUT2D eigenvalue weighted by atomic mass is 16.3. The molecule has 0 spiro atoms. The topological polar surface area (TPSA) is 98.7 Å². The summed E-state index contributed by atoms with van der Waals surface area (Å²) in [5, 5.41) is 15.0. The van der Waals surface area contributed by atoms with Gasteiger partial charge < -0.3 is 15.7 Å². The van der Waals surface area contributed by atoms with Gasteiger partial charge in [0.05, 0.1) is 12.6 Å². The Morgan fingerprint density at radius 2 is 1.72 bits per heavy atom. The van der Waals surface area contributed by atoms with E-state index < -0.39 is 18.1 Å². The summed E-state index contributed by atoms with van der Waals surface area (Å²) in [6.45, 7) is 0.0834. The number of nitrogens with zero attached hydrogens (tertiary/aromatic N) is 1. The average molecular weight is 395 g/mol. The summed E-state index contributed by atoms with van der Waals surface area (Å²) in [5.41, 5.74) is 1.85. The van der Waals surface area contributed by atoms with E-state index in [-0.39, 0.29) is 31.3 Å². The van der Waals surface area contributed by atoms with E-state index in [9.17, 15) is 19.5 Å². The number of aliphatic hydroxyl groups is 1. The van der Waals surface area contributed by atoms with Crippen LogP contribution in [0.25, 0.3) is 0 Å². The Hall–Kier alpha value is -3.19. The highest BCUT2D eigenvalue weighted by Crippen LogP contribution is 2.15. The molecule has 3 rings (SSSR count). The molecule has 0 unspecified atom stereocenters. The van der Waals surface area contributed by atoms with Crippen LogP contribution in [0.4, 0.5) is 4.79 Å². The van der Waals surface area contributed by atoms with E-state index in [0.29, 0.717) is 13.0 Å². The minimum atomic E-state index is -0.701. The maximum atomic E-state index is 12.5. The van der Waals surface area contributed by atoms with Crippen molar-refractivity contribution in [2.24, 2.45) is 0 Å². The molecule has 1 heterocycles. The van der Waals surface area contributed by atoms with Crippen molar-refractivity contribution in [2.75, 3.05) is 13.2 Å². The van der Waals surface area contributed by atoms with E-state index in [1.165, 1.54) is 4.90 Å². The third kappa shape index (κ3) is 5.42. The van der Waals surface area contributed by atoms with Crippen LogP contribution < -0.4 is 10.6 Å². The van der Waals surface area contributed by atoms with Gasteiger partial charge in [0, 0.05) is 13.0 Å². The van der Waals surface area contributed by atoms with Gasteiger partial charge in [-0.05, 0) is 24.0 Å². The molecule has 0 aliphatic carbocycles. The van der Waals surface area contributed by atoms with E-state index >= 15 is 0 Å². The van der Waals surface area contributed by atoms with Gasteiger partial charge in [-0.3, -0.25) is 14.5 Å². The monoisotopic (exact) mass is 395 g/mol. The van der Waals surface area contributed by atoms with Crippen molar-refractivity contribution in [3.63, 3.8) is 0 Å². The minimum absolute atomic E-state index is 0.0759. The van der Waals surface area contributed by atoms with E-state index in [2.05, 4.69) is 10.6 Å². The smallest absolute Gasteiger partial charge is 0.324 e. The number of amides is 4. The maximum absolute atomic E-state index is 12.5. The van der Waals surface area contributed by atoms with Gasteiger partial charge >= 0.3 is 6.03 Å². The molecule has 7 heteroatoms. The van der Waals surface area contributed by atoms with Crippen LogP contribution in [0.2, 0.25) is 0 Å². The summed E-state index contributed by atoms with van der Waals surface area (Å²) in [4.78, 5) is 38.1. The van der Waals surface area contributed by atoms with Gasteiger partial charge in [-0.1, -0.05) is 60.7 Å². The lowest BCUT2D eigenvalue weighted by molar-refractivity contribution is -0.127. The number of hydrogen-bond acceptors (Lipinski definition) is 4. The van der Waals surface area contributed by atoms with Crippen molar-refractivity contribution in [3.8, 4) is 0 Å². The van der Waals surface area contributed by atoms with Gasteiger partial charge in [0.1, 0.15) is 6.04 Å². The molecule has 29 heavy (non-hydrogen) atoms. The van der Waals surface area contributed by atoms with Crippen molar-refractivity contribution in [1.82, 2.24) is 15.5 Å². The van der Waals surface area contributed by atoms with E-state index in [1.54, 1.807) is 0 Å². The van der Waals surface area contributed by atoms with Crippen LogP contribution in [0, 0.1) is 0 Å². The highest BCUT2D eigenvalue weighted by Gasteiger charge is 2.37. The average Bonchev–Trinajstić information content (AvgIpc) is 3.03. The van der Waals surface area contributed by atoms with Crippen molar-refractivity contribution in [2.45, 2.75) is 31.3 Å². The lowest BCUT2D eigenvalue weighted by Crippen LogP contribution is -2.35. The Kier molecular flexibility index (Phi) is 6.97.